The molecule has 4 nitrogen and oxygen atoms in total. The number of rotatable bonds is 4. The Morgan fingerprint density at radius 3 is 2.94 bits per heavy atom. The topological polar surface area (TPSA) is 68.0 Å². The van der Waals surface area contributed by atoms with E-state index in [1.165, 1.54) is 0 Å². The number of carbonyl (C=O) groups excluding carboxylic acids is 1. The minimum Gasteiger partial charge on any atom is -0.325 e. The first kappa shape index (κ1) is 11.8. The van der Waals surface area contributed by atoms with Crippen LogP contribution in [0.25, 0.3) is 0 Å². The van der Waals surface area contributed by atoms with Crippen LogP contribution < -0.4 is 11.1 Å². The summed E-state index contributed by atoms with van der Waals surface area (Å²) in [5.41, 5.74) is 6.25. The fraction of sp³-hybridized carbons (Fsp3) is 0.167. The van der Waals surface area contributed by atoms with Crippen LogP contribution in [-0.2, 0) is 17.8 Å². The molecule has 0 aliphatic carbocycles. The summed E-state index contributed by atoms with van der Waals surface area (Å²) in [6.07, 6.45) is 0.381. The molecule has 2 heterocycles. The lowest BCUT2D eigenvalue weighted by Crippen LogP contribution is -2.15. The first-order valence-electron chi connectivity index (χ1n) is 5.26. The highest BCUT2D eigenvalue weighted by atomic mass is 32.1. The highest BCUT2D eigenvalue weighted by Crippen LogP contribution is 2.11. The maximum Gasteiger partial charge on any atom is 0.230 e. The lowest BCUT2D eigenvalue weighted by molar-refractivity contribution is -0.115. The normalized spacial score (nSPS) is 10.2. The van der Waals surface area contributed by atoms with Crippen molar-refractivity contribution in [2.45, 2.75) is 13.0 Å². The highest BCUT2D eigenvalue weighted by molar-refractivity contribution is 7.10. The second-order valence-corrected chi connectivity index (χ2v) is 4.55. The van der Waals surface area contributed by atoms with E-state index in [9.17, 15) is 4.79 Å². The van der Waals surface area contributed by atoms with Crippen molar-refractivity contribution in [1.29, 1.82) is 0 Å². The van der Waals surface area contributed by atoms with Crippen molar-refractivity contribution in [2.24, 2.45) is 5.73 Å². The van der Waals surface area contributed by atoms with Crippen molar-refractivity contribution in [1.82, 2.24) is 4.98 Å². The van der Waals surface area contributed by atoms with E-state index in [0.29, 0.717) is 18.8 Å². The Hall–Kier alpha value is -1.72. The van der Waals surface area contributed by atoms with E-state index in [-0.39, 0.29) is 5.91 Å². The number of carbonyl (C=O) groups is 1. The molecule has 2 aromatic heterocycles. The summed E-state index contributed by atoms with van der Waals surface area (Å²) in [5.74, 6) is 0.489. The first-order chi connectivity index (χ1) is 8.28. The van der Waals surface area contributed by atoms with Crippen molar-refractivity contribution < 1.29 is 4.79 Å². The van der Waals surface area contributed by atoms with Crippen LogP contribution in [-0.4, -0.2) is 10.9 Å². The first-order valence-corrected chi connectivity index (χ1v) is 6.14. The van der Waals surface area contributed by atoms with Crippen molar-refractivity contribution in [3.8, 4) is 0 Å². The average Bonchev–Trinajstić information content (AvgIpc) is 2.82. The molecule has 0 aliphatic rings. The maximum absolute atomic E-state index is 11.7. The molecule has 0 unspecified atom stereocenters. The number of pyridine rings is 1. The molecule has 0 saturated heterocycles. The predicted molar refractivity (Wildman–Crippen MR) is 68.8 cm³/mol. The van der Waals surface area contributed by atoms with Gasteiger partial charge in [-0.15, -0.1) is 11.3 Å². The smallest absolute Gasteiger partial charge is 0.230 e. The summed E-state index contributed by atoms with van der Waals surface area (Å²) >= 11 is 1.57. The summed E-state index contributed by atoms with van der Waals surface area (Å²) in [4.78, 5) is 17.0. The van der Waals surface area contributed by atoms with Crippen LogP contribution in [0, 0.1) is 0 Å². The minimum absolute atomic E-state index is 0.0610. The Labute approximate surface area is 103 Å². The Morgan fingerprint density at radius 2 is 2.24 bits per heavy atom. The highest BCUT2D eigenvalue weighted by Gasteiger charge is 2.05. The average molecular weight is 247 g/mol. The summed E-state index contributed by atoms with van der Waals surface area (Å²) in [7, 11) is 0. The molecule has 0 fully saturated rings. The van der Waals surface area contributed by atoms with Crippen LogP contribution in [0.1, 0.15) is 10.6 Å². The van der Waals surface area contributed by atoms with Gasteiger partial charge in [0.05, 0.1) is 12.1 Å². The van der Waals surface area contributed by atoms with Gasteiger partial charge in [-0.05, 0) is 23.6 Å². The van der Waals surface area contributed by atoms with Gasteiger partial charge < -0.3 is 11.1 Å². The third-order valence-corrected chi connectivity index (χ3v) is 3.07. The van der Waals surface area contributed by atoms with E-state index >= 15 is 0 Å². The number of nitrogens with zero attached hydrogens (tertiary/aromatic N) is 1. The van der Waals surface area contributed by atoms with Crippen molar-refractivity contribution >= 4 is 23.1 Å². The molecule has 2 aromatic rings. The SMILES string of the molecule is NCc1cccc(NC(=O)Cc2cccs2)n1. The van der Waals surface area contributed by atoms with Crippen LogP contribution in [0.3, 0.4) is 0 Å². The Morgan fingerprint density at radius 1 is 1.35 bits per heavy atom. The summed E-state index contributed by atoms with van der Waals surface area (Å²) in [6.45, 7) is 0.370. The number of nitrogens with two attached hydrogens (primary N) is 1. The Kier molecular flexibility index (Phi) is 3.85. The van der Waals surface area contributed by atoms with E-state index in [1.54, 1.807) is 17.4 Å². The minimum atomic E-state index is -0.0610. The van der Waals surface area contributed by atoms with Gasteiger partial charge in [0.15, 0.2) is 0 Å². The zero-order valence-corrected chi connectivity index (χ0v) is 10.0. The Balaban J connectivity index is 1.98. The number of hydrogen-bond acceptors (Lipinski definition) is 4. The standard InChI is InChI=1S/C12H13N3OS/c13-8-9-3-1-5-11(14-9)15-12(16)7-10-4-2-6-17-10/h1-6H,7-8,13H2,(H,14,15,16). The van der Waals surface area contributed by atoms with Crippen LogP contribution >= 0.6 is 11.3 Å². The molecule has 0 aromatic carbocycles. The fourth-order valence-corrected chi connectivity index (χ4v) is 2.12. The quantitative estimate of drug-likeness (QED) is 0.865. The number of aromatic nitrogens is 1. The molecule has 1 amide bonds. The molecule has 17 heavy (non-hydrogen) atoms. The van der Waals surface area contributed by atoms with E-state index in [2.05, 4.69) is 10.3 Å². The lowest BCUT2D eigenvalue weighted by atomic mass is 10.3. The largest absolute Gasteiger partial charge is 0.325 e. The number of hydrogen-bond donors (Lipinski definition) is 2. The monoisotopic (exact) mass is 247 g/mol. The third-order valence-electron chi connectivity index (χ3n) is 2.20. The molecule has 88 valence electrons. The summed E-state index contributed by atoms with van der Waals surface area (Å²) in [5, 5.41) is 4.71. The fourth-order valence-electron chi connectivity index (χ4n) is 1.42. The maximum atomic E-state index is 11.7. The number of anilines is 1. The van der Waals surface area contributed by atoms with Crippen molar-refractivity contribution in [3.63, 3.8) is 0 Å². The van der Waals surface area contributed by atoms with Crippen molar-refractivity contribution in [3.05, 3.63) is 46.3 Å². The van der Waals surface area contributed by atoms with Crippen LogP contribution in [0.15, 0.2) is 35.7 Å². The molecule has 0 atom stereocenters. The van der Waals surface area contributed by atoms with Gasteiger partial charge in [-0.25, -0.2) is 4.98 Å². The van der Waals surface area contributed by atoms with Gasteiger partial charge in [0, 0.05) is 11.4 Å². The Bertz CT molecular complexity index is 496. The zero-order chi connectivity index (χ0) is 12.1. The van der Waals surface area contributed by atoms with Gasteiger partial charge in [-0.2, -0.15) is 0 Å². The summed E-state index contributed by atoms with van der Waals surface area (Å²) < 4.78 is 0. The van der Waals surface area contributed by atoms with Crippen LogP contribution in [0.2, 0.25) is 0 Å². The number of thiophene rings is 1. The molecule has 0 bridgehead atoms. The lowest BCUT2D eigenvalue weighted by Gasteiger charge is -2.04. The zero-order valence-electron chi connectivity index (χ0n) is 9.22. The van der Waals surface area contributed by atoms with Crippen molar-refractivity contribution in [2.75, 3.05) is 5.32 Å². The van der Waals surface area contributed by atoms with E-state index in [4.69, 9.17) is 5.73 Å². The number of nitrogens with one attached hydrogen (secondary N) is 1. The molecular formula is C12H13N3OS. The number of amides is 1. The molecule has 0 spiro atoms. The third kappa shape index (κ3) is 3.37. The van der Waals surface area contributed by atoms with Gasteiger partial charge in [-0.3, -0.25) is 4.79 Å². The predicted octanol–water partition coefficient (Wildman–Crippen LogP) is 1.78. The van der Waals surface area contributed by atoms with Gasteiger partial charge in [0.2, 0.25) is 5.91 Å². The molecule has 0 aliphatic heterocycles. The van der Waals surface area contributed by atoms with Gasteiger partial charge in [0.25, 0.3) is 0 Å². The van der Waals surface area contributed by atoms with E-state index in [1.807, 2.05) is 29.6 Å². The van der Waals surface area contributed by atoms with Gasteiger partial charge >= 0.3 is 0 Å². The molecule has 3 N–H and O–H groups in total. The second kappa shape index (κ2) is 5.56. The van der Waals surface area contributed by atoms with Crippen LogP contribution in [0.4, 0.5) is 5.82 Å². The second-order valence-electron chi connectivity index (χ2n) is 3.52. The molecule has 0 saturated carbocycles. The molecular weight excluding hydrogens is 234 g/mol. The van der Waals surface area contributed by atoms with Gasteiger partial charge in [0.1, 0.15) is 5.82 Å². The van der Waals surface area contributed by atoms with E-state index in [0.717, 1.165) is 10.6 Å². The van der Waals surface area contributed by atoms with Crippen LogP contribution in [0.5, 0.6) is 0 Å². The molecule has 2 rings (SSSR count). The molecule has 0 radical (unpaired) electrons. The molecule has 5 heteroatoms. The summed E-state index contributed by atoms with van der Waals surface area (Å²) in [6, 6.07) is 9.28. The van der Waals surface area contributed by atoms with E-state index < -0.39 is 0 Å². The van der Waals surface area contributed by atoms with Gasteiger partial charge in [-0.1, -0.05) is 12.1 Å².